The molecule has 1 saturated carbocycles. The smallest absolute Gasteiger partial charge is 0.243 e. The summed E-state index contributed by atoms with van der Waals surface area (Å²) in [6.45, 7) is 10.6. The second kappa shape index (κ2) is 11.6. The Hall–Kier alpha value is -1.97. The zero-order valence-corrected chi connectivity index (χ0v) is 21.9. The van der Waals surface area contributed by atoms with Gasteiger partial charge in [-0.2, -0.15) is 4.31 Å². The van der Waals surface area contributed by atoms with Gasteiger partial charge in [-0.25, -0.2) is 8.42 Å². The van der Waals surface area contributed by atoms with Crippen molar-refractivity contribution in [1.29, 1.82) is 0 Å². The van der Waals surface area contributed by atoms with Crippen molar-refractivity contribution in [3.63, 3.8) is 0 Å². The van der Waals surface area contributed by atoms with Gasteiger partial charge in [-0.1, -0.05) is 39.2 Å². The maximum absolute atomic E-state index is 13.0. The number of carbonyl (C=O) groups excluding carboxylic acids is 2. The molecule has 2 amide bonds. The molecule has 0 aromatic heterocycles. The number of piperazine rings is 1. The number of rotatable bonds is 8. The van der Waals surface area contributed by atoms with Crippen LogP contribution < -0.4 is 5.32 Å². The second-order valence-corrected chi connectivity index (χ2v) is 11.3. The van der Waals surface area contributed by atoms with E-state index in [4.69, 9.17) is 0 Å². The molecule has 0 spiro atoms. The minimum Gasteiger partial charge on any atom is -0.340 e. The number of sulfonamides is 1. The van der Waals surface area contributed by atoms with Crippen molar-refractivity contribution in [1.82, 2.24) is 14.1 Å². The highest BCUT2D eigenvalue weighted by Gasteiger charge is 2.31. The van der Waals surface area contributed by atoms with E-state index in [9.17, 15) is 18.0 Å². The average molecular weight is 493 g/mol. The summed E-state index contributed by atoms with van der Waals surface area (Å²) in [5.41, 5.74) is 1.12. The number of aryl methyl sites for hydroxylation is 1. The summed E-state index contributed by atoms with van der Waals surface area (Å²) < 4.78 is 27.4. The molecule has 1 N–H and O–H groups in total. The third kappa shape index (κ3) is 5.98. The molecular formula is C25H40N4O4S. The molecule has 1 saturated heterocycles. The van der Waals surface area contributed by atoms with Crippen LogP contribution in [0.4, 0.5) is 5.69 Å². The fraction of sp³-hybridized carbons (Fsp3) is 0.680. The van der Waals surface area contributed by atoms with Crippen molar-refractivity contribution in [3.8, 4) is 0 Å². The van der Waals surface area contributed by atoms with Gasteiger partial charge in [0.05, 0.1) is 10.9 Å². The highest BCUT2D eigenvalue weighted by atomic mass is 32.2. The summed E-state index contributed by atoms with van der Waals surface area (Å²) in [5, 5.41) is 2.90. The van der Waals surface area contributed by atoms with Crippen LogP contribution in [0.3, 0.4) is 0 Å². The molecule has 0 bridgehead atoms. The number of nitrogens with zero attached hydrogens (tertiary/aromatic N) is 3. The number of nitrogens with one attached hydrogen (secondary N) is 1. The summed E-state index contributed by atoms with van der Waals surface area (Å²) in [6, 6.07) is 4.64. The molecule has 0 radical (unpaired) electrons. The summed E-state index contributed by atoms with van der Waals surface area (Å²) in [6.07, 6.45) is 5.52. The van der Waals surface area contributed by atoms with E-state index in [0.29, 0.717) is 50.5 Å². The van der Waals surface area contributed by atoms with Crippen LogP contribution >= 0.6 is 0 Å². The first-order valence-corrected chi connectivity index (χ1v) is 14.1. The van der Waals surface area contributed by atoms with E-state index in [1.165, 1.54) is 10.7 Å². The van der Waals surface area contributed by atoms with Crippen LogP contribution in [0, 0.1) is 12.8 Å². The lowest BCUT2D eigenvalue weighted by Gasteiger charge is -2.39. The van der Waals surface area contributed by atoms with Crippen molar-refractivity contribution in [2.24, 2.45) is 5.92 Å². The van der Waals surface area contributed by atoms with Crippen LogP contribution in [0.25, 0.3) is 0 Å². The molecule has 34 heavy (non-hydrogen) atoms. The van der Waals surface area contributed by atoms with E-state index in [-0.39, 0.29) is 28.7 Å². The molecule has 2 aliphatic rings. The Morgan fingerprint density at radius 3 is 2.26 bits per heavy atom. The number of amides is 2. The van der Waals surface area contributed by atoms with Gasteiger partial charge in [-0.15, -0.1) is 0 Å². The molecule has 3 rings (SSSR count). The Labute approximate surface area is 204 Å². The Morgan fingerprint density at radius 2 is 1.68 bits per heavy atom. The van der Waals surface area contributed by atoms with E-state index < -0.39 is 10.0 Å². The maximum Gasteiger partial charge on any atom is 0.243 e. The molecule has 2 fully saturated rings. The molecule has 8 nitrogen and oxygen atoms in total. The molecule has 1 aliphatic heterocycles. The molecule has 1 aliphatic carbocycles. The minimum atomic E-state index is -3.62. The average Bonchev–Trinajstić information content (AvgIpc) is 2.85. The zero-order valence-electron chi connectivity index (χ0n) is 21.0. The summed E-state index contributed by atoms with van der Waals surface area (Å²) in [4.78, 5) is 30.0. The zero-order chi connectivity index (χ0) is 24.9. The van der Waals surface area contributed by atoms with Gasteiger partial charge in [0.25, 0.3) is 0 Å². The topological polar surface area (TPSA) is 90.0 Å². The first kappa shape index (κ1) is 26.6. The fourth-order valence-corrected chi connectivity index (χ4v) is 6.72. The lowest BCUT2D eigenvalue weighted by Crippen LogP contribution is -2.55. The Balaban J connectivity index is 1.60. The van der Waals surface area contributed by atoms with Gasteiger partial charge in [0.15, 0.2) is 0 Å². The fourth-order valence-electron chi connectivity index (χ4n) is 5.01. The van der Waals surface area contributed by atoms with Crippen LogP contribution in [-0.4, -0.2) is 79.6 Å². The van der Waals surface area contributed by atoms with Crippen molar-refractivity contribution in [3.05, 3.63) is 23.8 Å². The van der Waals surface area contributed by atoms with Crippen LogP contribution in [0.2, 0.25) is 0 Å². The van der Waals surface area contributed by atoms with E-state index >= 15 is 0 Å². The molecule has 9 heteroatoms. The van der Waals surface area contributed by atoms with Crippen LogP contribution in [0.5, 0.6) is 0 Å². The maximum atomic E-state index is 13.0. The number of hydrogen-bond acceptors (Lipinski definition) is 5. The first-order valence-electron chi connectivity index (χ1n) is 12.6. The van der Waals surface area contributed by atoms with E-state index in [2.05, 4.69) is 10.2 Å². The Kier molecular flexibility index (Phi) is 9.12. The molecule has 1 unspecified atom stereocenters. The summed E-state index contributed by atoms with van der Waals surface area (Å²) in [7, 11) is -3.62. The van der Waals surface area contributed by atoms with Gasteiger partial charge in [0.2, 0.25) is 21.8 Å². The first-order chi connectivity index (χ1) is 16.2. The molecular weight excluding hydrogens is 452 g/mol. The van der Waals surface area contributed by atoms with Gasteiger partial charge in [0.1, 0.15) is 0 Å². The molecule has 1 aromatic carbocycles. The van der Waals surface area contributed by atoms with Gasteiger partial charge >= 0.3 is 0 Å². The Morgan fingerprint density at radius 1 is 1.06 bits per heavy atom. The van der Waals surface area contributed by atoms with E-state index in [1.807, 2.05) is 25.7 Å². The van der Waals surface area contributed by atoms with Crippen LogP contribution in [0.15, 0.2) is 23.1 Å². The summed E-state index contributed by atoms with van der Waals surface area (Å²) in [5.74, 6) is 0.268. The quantitative estimate of drug-likeness (QED) is 0.602. The Bertz CT molecular complexity index is 963. The number of anilines is 1. The van der Waals surface area contributed by atoms with Gasteiger partial charge in [-0.3, -0.25) is 14.5 Å². The highest BCUT2D eigenvalue weighted by Crippen LogP contribution is 2.26. The van der Waals surface area contributed by atoms with E-state index in [1.54, 1.807) is 25.1 Å². The van der Waals surface area contributed by atoms with E-state index in [0.717, 1.165) is 25.7 Å². The molecule has 1 heterocycles. The second-order valence-electron chi connectivity index (χ2n) is 9.43. The molecule has 1 atom stereocenters. The van der Waals surface area contributed by atoms with Gasteiger partial charge in [0, 0.05) is 50.9 Å². The monoisotopic (exact) mass is 492 g/mol. The summed E-state index contributed by atoms with van der Waals surface area (Å²) >= 11 is 0. The molecule has 190 valence electrons. The van der Waals surface area contributed by atoms with Gasteiger partial charge < -0.3 is 10.2 Å². The lowest BCUT2D eigenvalue weighted by atomic mass is 9.88. The van der Waals surface area contributed by atoms with Crippen LogP contribution in [-0.2, 0) is 19.6 Å². The number of benzene rings is 1. The van der Waals surface area contributed by atoms with Crippen molar-refractivity contribution in [2.45, 2.75) is 70.7 Å². The predicted molar refractivity (Wildman–Crippen MR) is 134 cm³/mol. The highest BCUT2D eigenvalue weighted by molar-refractivity contribution is 7.89. The largest absolute Gasteiger partial charge is 0.340 e. The normalized spacial score (nSPS) is 19.3. The third-order valence-electron chi connectivity index (χ3n) is 7.29. The SMILES string of the molecule is CCN(CC)S(=O)(=O)c1cc(NC(=O)C(C)N2CCN(C(=O)C3CCCCC3)CC2)ccc1C. The predicted octanol–water partition coefficient (Wildman–Crippen LogP) is 3.08. The lowest BCUT2D eigenvalue weighted by molar-refractivity contribution is -0.139. The third-order valence-corrected chi connectivity index (χ3v) is 9.48. The van der Waals surface area contributed by atoms with Gasteiger partial charge in [-0.05, 0) is 44.4 Å². The standard InChI is InChI=1S/C25H40N4O4S/c1-5-29(6-2)34(32,33)23-18-22(13-12-19(23)3)26-24(30)20(4)27-14-16-28(17-15-27)25(31)21-10-8-7-9-11-21/h12-13,18,20-21H,5-11,14-17H2,1-4H3,(H,26,30). The van der Waals surface area contributed by atoms with Crippen molar-refractivity contribution in [2.75, 3.05) is 44.6 Å². The van der Waals surface area contributed by atoms with Crippen molar-refractivity contribution < 1.29 is 18.0 Å². The van der Waals surface area contributed by atoms with Crippen LogP contribution in [0.1, 0.15) is 58.4 Å². The van der Waals surface area contributed by atoms with Crippen molar-refractivity contribution >= 4 is 27.5 Å². The molecule has 1 aromatic rings. The number of hydrogen-bond donors (Lipinski definition) is 1. The number of carbonyl (C=O) groups is 2. The minimum absolute atomic E-state index is 0.171.